The SMILES string of the molecule is CC(=O)O[C@@]12CO[C@@H]1C[C@H](C)[C@@]1(C)C(=O)[C@H](C)C3=C(C)C(OC(=O)[C@@H]4OC(c5ccccc5)=N[C@@H]4c4ccccc4)C[C@@](O)([C@@H](OC(=O)c4ccccc4)[C@H]21)C3(C)C.CC(=O)O[C@@]12CO[C@@H]1C[C@H](O)[C@@]1(C)C(=O)[C@H](O)C3=C(C)C(OC(=O)[C@H](O)[C@@H](C)c4ccccc4)C[C@@](O)([C@@H](OC(=O)c4ccccc4)[C@H]21)C3(C)C. The number of hydrogen-bond donors (Lipinski definition) is 5. The number of carbonyl (C=O) groups excluding carboxylic acids is 8. The average molecular weight is 1500 g/mol. The molecule has 6 fully saturated rings. The van der Waals surface area contributed by atoms with E-state index in [4.69, 9.17) is 47.6 Å². The van der Waals surface area contributed by atoms with E-state index in [0.29, 0.717) is 34.6 Å². The molecular weight excluding hydrogens is 1400 g/mol. The highest BCUT2D eigenvalue weighted by Gasteiger charge is 2.80. The Morgan fingerprint density at radius 2 is 1.00 bits per heavy atom. The highest BCUT2D eigenvalue weighted by Crippen LogP contribution is 2.68. The minimum atomic E-state index is -2.24. The van der Waals surface area contributed by atoms with Gasteiger partial charge in [-0.05, 0) is 103 Å². The summed E-state index contributed by atoms with van der Waals surface area (Å²) in [6, 6.07) is 43.2. The number of fused-ring (bicyclic) bond motifs is 10. The van der Waals surface area contributed by atoms with Crippen LogP contribution in [0.3, 0.4) is 0 Å². The van der Waals surface area contributed by atoms with Crippen LogP contribution in [0.2, 0.25) is 0 Å². The minimum Gasteiger partial charge on any atom is -0.459 e. The van der Waals surface area contributed by atoms with Gasteiger partial charge in [0, 0.05) is 66.8 Å². The van der Waals surface area contributed by atoms with Crippen LogP contribution in [-0.4, -0.2) is 175 Å². The van der Waals surface area contributed by atoms with Crippen LogP contribution < -0.4 is 0 Å². The zero-order valence-electron chi connectivity index (χ0n) is 63.5. The summed E-state index contributed by atoms with van der Waals surface area (Å²) in [6.45, 7) is 21.2. The second-order valence-electron chi connectivity index (χ2n) is 32.7. The number of ketones is 2. The Hall–Kier alpha value is -9.07. The summed E-state index contributed by atoms with van der Waals surface area (Å²) in [5, 5.41) is 61.9. The van der Waals surface area contributed by atoms with Crippen molar-refractivity contribution < 1.29 is 107 Å². The lowest BCUT2D eigenvalue weighted by Crippen LogP contribution is -2.81. The lowest BCUT2D eigenvalue weighted by molar-refractivity contribution is -0.346. The third-order valence-electron chi connectivity index (χ3n) is 26.3. The molecule has 14 rings (SSSR count). The Balaban J connectivity index is 0.000000194. The molecule has 0 spiro atoms. The van der Waals surface area contributed by atoms with Crippen LogP contribution in [0.4, 0.5) is 0 Å². The van der Waals surface area contributed by atoms with Gasteiger partial charge in [-0.25, -0.2) is 24.2 Å². The summed E-state index contributed by atoms with van der Waals surface area (Å²) < 4.78 is 55.7. The fourth-order valence-corrected chi connectivity index (χ4v) is 20.1. The quantitative estimate of drug-likeness (QED) is 0.0392. The van der Waals surface area contributed by atoms with Gasteiger partial charge in [-0.1, -0.05) is 171 Å². The minimum absolute atomic E-state index is 0.0193. The third-order valence-corrected chi connectivity index (χ3v) is 26.3. The van der Waals surface area contributed by atoms with E-state index in [-0.39, 0.29) is 60.0 Å². The van der Waals surface area contributed by atoms with Crippen molar-refractivity contribution in [2.45, 2.75) is 211 Å². The van der Waals surface area contributed by atoms with E-state index >= 15 is 4.79 Å². The van der Waals surface area contributed by atoms with E-state index in [1.165, 1.54) is 32.9 Å². The zero-order chi connectivity index (χ0) is 78.6. The first-order valence-electron chi connectivity index (χ1n) is 37.4. The maximum absolute atomic E-state index is 15.4. The molecule has 23 heteroatoms. The number of carbonyl (C=O) groups is 8. The Bertz CT molecular complexity index is 4490. The van der Waals surface area contributed by atoms with Gasteiger partial charge in [-0.15, -0.1) is 0 Å². The first-order chi connectivity index (χ1) is 51.5. The van der Waals surface area contributed by atoms with Crippen molar-refractivity contribution in [1.29, 1.82) is 0 Å². The van der Waals surface area contributed by atoms with Crippen molar-refractivity contribution in [3.63, 3.8) is 0 Å². The lowest BCUT2D eigenvalue weighted by atomic mass is 9.42. The van der Waals surface area contributed by atoms with Gasteiger partial charge in [0.15, 0.2) is 23.1 Å². The molecule has 578 valence electrons. The molecule has 9 aliphatic rings. The number of nitrogens with zero attached hydrogens (tertiary/aromatic N) is 1. The molecule has 2 saturated heterocycles. The molecule has 3 aliphatic heterocycles. The molecule has 2 unspecified atom stereocenters. The van der Waals surface area contributed by atoms with Crippen molar-refractivity contribution in [3.05, 3.63) is 202 Å². The smallest absolute Gasteiger partial charge is 0.350 e. The van der Waals surface area contributed by atoms with E-state index in [1.54, 1.807) is 107 Å². The molecule has 5 aromatic carbocycles. The van der Waals surface area contributed by atoms with E-state index < -0.39 is 183 Å². The van der Waals surface area contributed by atoms with E-state index in [0.717, 1.165) is 5.56 Å². The number of benzene rings is 5. The third kappa shape index (κ3) is 12.5. The topological polar surface area (TPSA) is 333 Å². The molecule has 4 bridgehead atoms. The molecule has 23 nitrogen and oxygen atoms in total. The van der Waals surface area contributed by atoms with Crippen LogP contribution in [0.1, 0.15) is 165 Å². The Morgan fingerprint density at radius 3 is 1.49 bits per heavy atom. The monoisotopic (exact) mass is 1500 g/mol. The number of aliphatic hydroxyl groups is 5. The number of ether oxygens (including phenoxy) is 9. The highest BCUT2D eigenvalue weighted by atomic mass is 16.6. The molecule has 3 heterocycles. The van der Waals surface area contributed by atoms with Crippen molar-refractivity contribution in [2.75, 3.05) is 13.2 Å². The molecule has 4 saturated carbocycles. The predicted octanol–water partition coefficient (Wildman–Crippen LogP) is 9.57. The van der Waals surface area contributed by atoms with Gasteiger partial charge < -0.3 is 68.2 Å². The van der Waals surface area contributed by atoms with Crippen LogP contribution in [0.25, 0.3) is 0 Å². The average Bonchev–Trinajstić information content (AvgIpc) is 0.830. The van der Waals surface area contributed by atoms with Gasteiger partial charge in [0.25, 0.3) is 0 Å². The van der Waals surface area contributed by atoms with Gasteiger partial charge in [0.1, 0.15) is 65.8 Å². The fourth-order valence-electron chi connectivity index (χ4n) is 20.1. The first kappa shape index (κ1) is 78.1. The molecule has 109 heavy (non-hydrogen) atoms. The van der Waals surface area contributed by atoms with Crippen LogP contribution in [0.15, 0.2) is 179 Å². The van der Waals surface area contributed by atoms with Crippen LogP contribution in [0, 0.1) is 45.3 Å². The summed E-state index contributed by atoms with van der Waals surface area (Å²) in [4.78, 5) is 117. The highest BCUT2D eigenvalue weighted by molar-refractivity contribution is 5.99. The predicted molar refractivity (Wildman–Crippen MR) is 392 cm³/mol. The first-order valence-corrected chi connectivity index (χ1v) is 37.4. The summed E-state index contributed by atoms with van der Waals surface area (Å²) >= 11 is 0. The van der Waals surface area contributed by atoms with Crippen molar-refractivity contribution in [1.82, 2.24) is 0 Å². The van der Waals surface area contributed by atoms with E-state index in [9.17, 15) is 59.1 Å². The van der Waals surface area contributed by atoms with Gasteiger partial charge >= 0.3 is 35.8 Å². The zero-order valence-corrected chi connectivity index (χ0v) is 63.5. The number of aliphatic imine (C=N–C) groups is 1. The van der Waals surface area contributed by atoms with Crippen LogP contribution in [-0.2, 0) is 71.4 Å². The molecule has 22 atom stereocenters. The number of aliphatic hydroxyl groups excluding tert-OH is 3. The molecule has 5 aromatic rings. The molecule has 0 radical (unpaired) electrons. The van der Waals surface area contributed by atoms with Gasteiger partial charge in [0.05, 0.1) is 47.7 Å². The molecular formula is C86H97NO22. The van der Waals surface area contributed by atoms with Crippen LogP contribution in [0.5, 0.6) is 0 Å². The van der Waals surface area contributed by atoms with E-state index in [2.05, 4.69) is 0 Å². The summed E-state index contributed by atoms with van der Waals surface area (Å²) in [5.74, 6) is -9.59. The van der Waals surface area contributed by atoms with Crippen molar-refractivity contribution in [2.24, 2.45) is 50.3 Å². The second kappa shape index (κ2) is 28.7. The van der Waals surface area contributed by atoms with Gasteiger partial charge in [0.2, 0.25) is 12.0 Å². The lowest BCUT2D eigenvalue weighted by Gasteiger charge is -2.68. The molecule has 0 amide bonds. The van der Waals surface area contributed by atoms with Crippen LogP contribution >= 0.6 is 0 Å². The summed E-state index contributed by atoms with van der Waals surface area (Å²) in [5.41, 5.74) is -9.27. The van der Waals surface area contributed by atoms with E-state index in [1.807, 2.05) is 102 Å². The number of esters is 6. The summed E-state index contributed by atoms with van der Waals surface area (Å²) in [7, 11) is 0. The van der Waals surface area contributed by atoms with Crippen molar-refractivity contribution in [3.8, 4) is 0 Å². The second-order valence-corrected chi connectivity index (χ2v) is 32.7. The fraction of sp³-hybridized carbons (Fsp3) is 0.500. The maximum atomic E-state index is 15.4. The molecule has 5 N–H and O–H groups in total. The maximum Gasteiger partial charge on any atom is 0.350 e. The van der Waals surface area contributed by atoms with Gasteiger partial charge in [-0.2, -0.15) is 0 Å². The normalized spacial score (nSPS) is 36.3. The number of hydrogen-bond acceptors (Lipinski definition) is 23. The molecule has 0 aromatic heterocycles. The number of rotatable bonds is 14. The van der Waals surface area contributed by atoms with Gasteiger partial charge in [-0.3, -0.25) is 19.2 Å². The molecule has 6 aliphatic carbocycles. The number of Topliss-reactive ketones (excluding diaryl/α,β-unsaturated/α-hetero) is 2. The summed E-state index contributed by atoms with van der Waals surface area (Å²) in [6.07, 6.45) is -13.6. The Morgan fingerprint density at radius 1 is 0.560 bits per heavy atom. The largest absolute Gasteiger partial charge is 0.459 e. The Kier molecular flexibility index (Phi) is 20.5. The van der Waals surface area contributed by atoms with Crippen molar-refractivity contribution >= 4 is 53.3 Å². The standard InChI is InChI=1S/C47H51NO10.C39H46O12/c1-26-23-34-46(25-54-34,58-29(4)49)38-40(57-42(51)32-21-15-10-16-22-32)47(53)24-33(27(2)35(44(47,5)6)28(3)39(50)45(26,38)7)55-43(52)37-36(30-17-11-8-12-18-30)48-41(56-37)31-19-13-9-14-20-31;1-20(23-13-9-7-10-14-23)29(42)35(46)49-25-18-39(47)33(50-34(45)24-15-11-8-12-16-24)31-37(6,32(44)30(43)28(21(25)2)36(39,4)5)26(41)17-27-38(31,19-48-27)51-22(3)40/h8-22,26,28,33-34,36-38,40,53H,23-25H2,1-7H3;7-16,20,25-27,29-31,33,41-43,47H,17-19H2,1-6H3/t26-,28+,33?,34+,36+,37+,38-,40-,45+,46-,47+;20-,25?,26-,27+,29+,30+,31-,33-,37+,38-,39+/m00/s1. The Labute approximate surface area is 633 Å².